The number of carbonyl (C=O) groups is 1. The Morgan fingerprint density at radius 2 is 2.04 bits per heavy atom. The Hall–Kier alpha value is -2.34. The number of ether oxygens (including phenoxy) is 3. The van der Waals surface area contributed by atoms with Crippen LogP contribution in [0.25, 0.3) is 0 Å². The van der Waals surface area contributed by atoms with Gasteiger partial charge in [0.15, 0.2) is 11.5 Å². The lowest BCUT2D eigenvalue weighted by Gasteiger charge is -2.25. The highest BCUT2D eigenvalue weighted by Crippen LogP contribution is 2.43. The van der Waals surface area contributed by atoms with Gasteiger partial charge in [-0.1, -0.05) is 18.2 Å². The van der Waals surface area contributed by atoms with Gasteiger partial charge in [-0.2, -0.15) is 0 Å². The molecule has 24 heavy (non-hydrogen) atoms. The van der Waals surface area contributed by atoms with E-state index in [0.717, 1.165) is 22.8 Å². The van der Waals surface area contributed by atoms with E-state index in [1.807, 2.05) is 41.3 Å². The Bertz CT molecular complexity index is 779. The van der Waals surface area contributed by atoms with Crippen LogP contribution in [0.15, 0.2) is 42.5 Å². The van der Waals surface area contributed by atoms with E-state index in [2.05, 4.69) is 0 Å². The maximum absolute atomic E-state index is 13.0. The molecule has 6 heteroatoms. The summed E-state index contributed by atoms with van der Waals surface area (Å²) in [5, 5.41) is -0.0306. The zero-order chi connectivity index (χ0) is 16.5. The van der Waals surface area contributed by atoms with Crippen LogP contribution in [0.2, 0.25) is 0 Å². The molecule has 0 aromatic heterocycles. The van der Waals surface area contributed by atoms with Gasteiger partial charge < -0.3 is 19.1 Å². The van der Waals surface area contributed by atoms with E-state index in [4.69, 9.17) is 14.2 Å². The summed E-state index contributed by atoms with van der Waals surface area (Å²) >= 11 is 1.75. The van der Waals surface area contributed by atoms with E-state index in [-0.39, 0.29) is 18.1 Å². The molecule has 2 aromatic carbocycles. The molecule has 1 saturated heterocycles. The molecule has 1 fully saturated rings. The topological polar surface area (TPSA) is 48.0 Å². The minimum atomic E-state index is -0.0306. The fraction of sp³-hybridized carbons (Fsp3) is 0.278. The zero-order valence-electron chi connectivity index (χ0n) is 13.2. The molecule has 2 heterocycles. The van der Waals surface area contributed by atoms with E-state index in [1.165, 1.54) is 0 Å². The van der Waals surface area contributed by atoms with Crippen LogP contribution in [0.1, 0.15) is 21.3 Å². The summed E-state index contributed by atoms with van der Waals surface area (Å²) in [5.74, 6) is 2.98. The first-order valence-electron chi connectivity index (χ1n) is 7.73. The fourth-order valence-electron chi connectivity index (χ4n) is 3.00. The third kappa shape index (κ3) is 2.57. The minimum absolute atomic E-state index is 0.0138. The number of methoxy groups -OCH3 is 1. The van der Waals surface area contributed by atoms with Crippen LogP contribution in [0.3, 0.4) is 0 Å². The molecule has 4 rings (SSSR count). The number of rotatable bonds is 3. The molecular weight excluding hydrogens is 326 g/mol. The second-order valence-corrected chi connectivity index (χ2v) is 6.72. The van der Waals surface area contributed by atoms with Crippen LogP contribution < -0.4 is 14.2 Å². The van der Waals surface area contributed by atoms with Crippen molar-refractivity contribution < 1.29 is 19.0 Å². The molecule has 0 unspecified atom stereocenters. The highest BCUT2D eigenvalue weighted by atomic mass is 32.2. The third-order valence-electron chi connectivity index (χ3n) is 4.17. The first-order chi connectivity index (χ1) is 11.8. The second kappa shape index (κ2) is 6.28. The summed E-state index contributed by atoms with van der Waals surface area (Å²) in [4.78, 5) is 14.9. The van der Waals surface area contributed by atoms with Crippen LogP contribution in [-0.2, 0) is 0 Å². The first kappa shape index (κ1) is 15.2. The molecule has 2 aliphatic heterocycles. The van der Waals surface area contributed by atoms with E-state index in [9.17, 15) is 4.79 Å². The number of thioether (sulfide) groups is 1. The van der Waals surface area contributed by atoms with Crippen molar-refractivity contribution >= 4 is 17.7 Å². The Morgan fingerprint density at radius 1 is 1.21 bits per heavy atom. The van der Waals surface area contributed by atoms with Gasteiger partial charge in [-0.15, -0.1) is 11.8 Å². The number of amides is 1. The quantitative estimate of drug-likeness (QED) is 0.856. The molecule has 5 nitrogen and oxygen atoms in total. The molecule has 124 valence electrons. The van der Waals surface area contributed by atoms with Crippen molar-refractivity contribution in [2.45, 2.75) is 5.37 Å². The molecular formula is C18H17NO4S. The number of benzene rings is 2. The number of hydrogen-bond acceptors (Lipinski definition) is 5. The lowest BCUT2D eigenvalue weighted by atomic mass is 10.1. The van der Waals surface area contributed by atoms with E-state index in [1.54, 1.807) is 24.9 Å². The standard InChI is InChI=1S/C18H17NO4S/c1-21-14-5-3-2-4-13(14)17(20)19-8-9-24-18(19)12-6-7-15-16(10-12)23-11-22-15/h2-7,10,18H,8-9,11H2,1H3/t18-/m0/s1. The summed E-state index contributed by atoms with van der Waals surface area (Å²) in [6, 6.07) is 13.2. The predicted molar refractivity (Wildman–Crippen MR) is 91.8 cm³/mol. The summed E-state index contributed by atoms with van der Waals surface area (Å²) < 4.78 is 16.2. The Morgan fingerprint density at radius 3 is 2.92 bits per heavy atom. The van der Waals surface area contributed by atoms with E-state index < -0.39 is 0 Å². The highest BCUT2D eigenvalue weighted by Gasteiger charge is 2.33. The van der Waals surface area contributed by atoms with Gasteiger partial charge >= 0.3 is 0 Å². The molecule has 0 aliphatic carbocycles. The van der Waals surface area contributed by atoms with Gasteiger partial charge in [0.25, 0.3) is 5.91 Å². The number of hydrogen-bond donors (Lipinski definition) is 0. The third-order valence-corrected chi connectivity index (χ3v) is 5.43. The maximum Gasteiger partial charge on any atom is 0.258 e. The predicted octanol–water partition coefficient (Wildman–Crippen LogP) is 3.31. The maximum atomic E-state index is 13.0. The van der Waals surface area contributed by atoms with Crippen molar-refractivity contribution in [1.29, 1.82) is 0 Å². The van der Waals surface area contributed by atoms with E-state index >= 15 is 0 Å². The Kier molecular flexibility index (Phi) is 3.98. The molecule has 1 atom stereocenters. The molecule has 0 radical (unpaired) electrons. The minimum Gasteiger partial charge on any atom is -0.496 e. The molecule has 2 aromatic rings. The summed E-state index contributed by atoms with van der Waals surface area (Å²) in [6.45, 7) is 0.959. The van der Waals surface area contributed by atoms with Crippen LogP contribution in [0, 0.1) is 0 Å². The first-order valence-corrected chi connectivity index (χ1v) is 8.78. The zero-order valence-corrected chi connectivity index (χ0v) is 14.0. The van der Waals surface area contributed by atoms with Gasteiger partial charge in [-0.3, -0.25) is 4.79 Å². The number of para-hydroxylation sites is 1. The molecule has 2 aliphatic rings. The normalized spacial score (nSPS) is 18.7. The van der Waals surface area contributed by atoms with Gasteiger partial charge in [0.2, 0.25) is 6.79 Å². The number of nitrogens with zero attached hydrogens (tertiary/aromatic N) is 1. The van der Waals surface area contributed by atoms with Crippen LogP contribution >= 0.6 is 11.8 Å². The van der Waals surface area contributed by atoms with Gasteiger partial charge in [-0.05, 0) is 29.8 Å². The lowest BCUT2D eigenvalue weighted by molar-refractivity contribution is 0.0756. The van der Waals surface area contributed by atoms with Gasteiger partial charge in [0, 0.05) is 12.3 Å². The smallest absolute Gasteiger partial charge is 0.258 e. The van der Waals surface area contributed by atoms with Crippen molar-refractivity contribution in [3.05, 3.63) is 53.6 Å². The van der Waals surface area contributed by atoms with Crippen LogP contribution in [0.4, 0.5) is 0 Å². The Balaban J connectivity index is 1.64. The lowest BCUT2D eigenvalue weighted by Crippen LogP contribution is -2.30. The average molecular weight is 343 g/mol. The summed E-state index contributed by atoms with van der Waals surface area (Å²) in [6.07, 6.45) is 0. The number of carbonyl (C=O) groups excluding carboxylic acids is 1. The average Bonchev–Trinajstić information content (AvgIpc) is 3.29. The largest absolute Gasteiger partial charge is 0.496 e. The van der Waals surface area contributed by atoms with Crippen molar-refractivity contribution in [3.63, 3.8) is 0 Å². The summed E-state index contributed by atoms with van der Waals surface area (Å²) in [5.41, 5.74) is 1.64. The molecule has 0 spiro atoms. The van der Waals surface area contributed by atoms with Crippen molar-refractivity contribution in [1.82, 2.24) is 4.90 Å². The molecule has 1 amide bonds. The monoisotopic (exact) mass is 343 g/mol. The molecule has 0 saturated carbocycles. The van der Waals surface area contributed by atoms with Crippen molar-refractivity contribution in [2.75, 3.05) is 26.2 Å². The molecule has 0 bridgehead atoms. The van der Waals surface area contributed by atoms with Crippen LogP contribution in [-0.4, -0.2) is 37.0 Å². The van der Waals surface area contributed by atoms with Gasteiger partial charge in [-0.25, -0.2) is 0 Å². The number of fused-ring (bicyclic) bond motifs is 1. The van der Waals surface area contributed by atoms with Crippen molar-refractivity contribution in [3.8, 4) is 17.2 Å². The Labute approximate surface area is 144 Å². The highest BCUT2D eigenvalue weighted by molar-refractivity contribution is 7.99. The molecule has 0 N–H and O–H groups in total. The van der Waals surface area contributed by atoms with Crippen LogP contribution in [0.5, 0.6) is 17.2 Å². The summed E-state index contributed by atoms with van der Waals surface area (Å²) in [7, 11) is 1.58. The second-order valence-electron chi connectivity index (χ2n) is 5.53. The van der Waals surface area contributed by atoms with Gasteiger partial charge in [0.05, 0.1) is 12.7 Å². The van der Waals surface area contributed by atoms with Gasteiger partial charge in [0.1, 0.15) is 11.1 Å². The van der Waals surface area contributed by atoms with E-state index in [0.29, 0.717) is 17.9 Å². The van der Waals surface area contributed by atoms with Crippen molar-refractivity contribution in [2.24, 2.45) is 0 Å². The fourth-order valence-corrected chi connectivity index (χ4v) is 4.24. The SMILES string of the molecule is COc1ccccc1C(=O)N1CCS[C@H]1c1ccc2c(c1)OCO2.